The van der Waals surface area contributed by atoms with Gasteiger partial charge in [-0.1, -0.05) is 12.5 Å². The number of imide groups is 1. The Hall–Kier alpha value is -2.46. The second-order valence-electron chi connectivity index (χ2n) is 6.11. The van der Waals surface area contributed by atoms with Crippen LogP contribution in [0.3, 0.4) is 0 Å². The number of benzene rings is 1. The van der Waals surface area contributed by atoms with E-state index in [4.69, 9.17) is 4.74 Å². The number of hydrogen-bond donors (Lipinski definition) is 2. The number of amides is 3. The van der Waals surface area contributed by atoms with E-state index in [1.807, 2.05) is 5.32 Å². The molecule has 148 valence electrons. The van der Waals surface area contributed by atoms with Gasteiger partial charge in [-0.3, -0.25) is 10.1 Å². The number of carbonyl (C=O) groups is 3. The predicted molar refractivity (Wildman–Crippen MR) is 96.5 cm³/mol. The summed E-state index contributed by atoms with van der Waals surface area (Å²) in [4.78, 5) is 35.2. The zero-order valence-corrected chi connectivity index (χ0v) is 16.0. The highest BCUT2D eigenvalue weighted by Crippen LogP contribution is 2.21. The van der Waals surface area contributed by atoms with Gasteiger partial charge in [0.2, 0.25) is 10.0 Å². The summed E-state index contributed by atoms with van der Waals surface area (Å²) in [5.74, 6) is -1.65. The van der Waals surface area contributed by atoms with Gasteiger partial charge in [-0.25, -0.2) is 18.0 Å². The molecule has 2 rings (SSSR count). The molecule has 9 nitrogen and oxygen atoms in total. The van der Waals surface area contributed by atoms with E-state index in [9.17, 15) is 22.8 Å². The average Bonchev–Trinajstić information content (AvgIpc) is 2.68. The lowest BCUT2D eigenvalue weighted by molar-refractivity contribution is -0.127. The van der Waals surface area contributed by atoms with Crippen molar-refractivity contribution in [2.45, 2.75) is 37.2 Å². The van der Waals surface area contributed by atoms with Gasteiger partial charge in [0, 0.05) is 20.1 Å². The van der Waals surface area contributed by atoms with Crippen molar-refractivity contribution in [3.63, 3.8) is 0 Å². The SMILES string of the molecule is CNC(=O)NC(=O)[C@H](C)OC(=O)c1cccc(S(=O)(=O)N2CCCCC2)c1. The number of nitrogens with zero attached hydrogens (tertiary/aromatic N) is 1. The maximum atomic E-state index is 12.7. The van der Waals surface area contributed by atoms with Crippen LogP contribution in [-0.2, 0) is 19.6 Å². The van der Waals surface area contributed by atoms with Crippen molar-refractivity contribution in [1.82, 2.24) is 14.9 Å². The molecular weight excluding hydrogens is 374 g/mol. The Bertz CT molecular complexity index is 818. The van der Waals surface area contributed by atoms with Crippen molar-refractivity contribution < 1.29 is 27.5 Å². The number of hydrogen-bond acceptors (Lipinski definition) is 6. The van der Waals surface area contributed by atoms with E-state index in [1.165, 1.54) is 42.5 Å². The van der Waals surface area contributed by atoms with E-state index in [2.05, 4.69) is 5.32 Å². The molecule has 1 fully saturated rings. The lowest BCUT2D eigenvalue weighted by atomic mass is 10.2. The molecule has 1 heterocycles. The molecule has 1 saturated heterocycles. The first-order valence-electron chi connectivity index (χ1n) is 8.59. The minimum absolute atomic E-state index is 0.00122. The van der Waals surface area contributed by atoms with Crippen LogP contribution >= 0.6 is 0 Å². The van der Waals surface area contributed by atoms with E-state index in [-0.39, 0.29) is 10.5 Å². The summed E-state index contributed by atoms with van der Waals surface area (Å²) >= 11 is 0. The quantitative estimate of drug-likeness (QED) is 0.711. The zero-order valence-electron chi connectivity index (χ0n) is 15.2. The van der Waals surface area contributed by atoms with Gasteiger partial charge in [-0.05, 0) is 38.0 Å². The van der Waals surface area contributed by atoms with Gasteiger partial charge in [-0.15, -0.1) is 0 Å². The fourth-order valence-electron chi connectivity index (χ4n) is 2.60. The molecule has 0 unspecified atom stereocenters. The smallest absolute Gasteiger partial charge is 0.338 e. The van der Waals surface area contributed by atoms with E-state index < -0.39 is 34.0 Å². The lowest BCUT2D eigenvalue weighted by Gasteiger charge is -2.26. The van der Waals surface area contributed by atoms with Crippen molar-refractivity contribution in [2.75, 3.05) is 20.1 Å². The van der Waals surface area contributed by atoms with Gasteiger partial charge in [0.1, 0.15) is 0 Å². The van der Waals surface area contributed by atoms with E-state index in [0.29, 0.717) is 13.1 Å². The second kappa shape index (κ2) is 8.96. The third-order valence-corrected chi connectivity index (χ3v) is 6.03. The summed E-state index contributed by atoms with van der Waals surface area (Å²) in [6.07, 6.45) is 1.38. The third-order valence-electron chi connectivity index (χ3n) is 4.14. The molecule has 1 aliphatic heterocycles. The summed E-state index contributed by atoms with van der Waals surface area (Å²) in [6, 6.07) is 4.78. The Labute approximate surface area is 158 Å². The van der Waals surface area contributed by atoms with Crippen LogP contribution in [0, 0.1) is 0 Å². The fourth-order valence-corrected chi connectivity index (χ4v) is 4.16. The maximum Gasteiger partial charge on any atom is 0.338 e. The van der Waals surface area contributed by atoms with Crippen LogP contribution in [0.15, 0.2) is 29.2 Å². The van der Waals surface area contributed by atoms with Crippen LogP contribution < -0.4 is 10.6 Å². The minimum Gasteiger partial charge on any atom is -0.449 e. The van der Waals surface area contributed by atoms with Gasteiger partial charge in [0.05, 0.1) is 10.5 Å². The predicted octanol–water partition coefficient (Wildman–Crippen LogP) is 0.862. The number of ether oxygens (including phenoxy) is 1. The molecule has 0 radical (unpaired) electrons. The molecule has 3 amide bonds. The number of sulfonamides is 1. The summed E-state index contributed by atoms with van der Waals surface area (Å²) in [5.41, 5.74) is 0.00711. The molecule has 1 atom stereocenters. The minimum atomic E-state index is -3.69. The Kier molecular flexibility index (Phi) is 6.92. The van der Waals surface area contributed by atoms with Crippen LogP contribution in [0.4, 0.5) is 4.79 Å². The molecule has 1 aliphatic rings. The van der Waals surface area contributed by atoms with Crippen LogP contribution in [0.1, 0.15) is 36.5 Å². The zero-order chi connectivity index (χ0) is 20.0. The van der Waals surface area contributed by atoms with Crippen LogP contribution in [0.2, 0.25) is 0 Å². The van der Waals surface area contributed by atoms with Crippen molar-refractivity contribution in [3.8, 4) is 0 Å². The first kappa shape index (κ1) is 20.8. The molecule has 10 heteroatoms. The topological polar surface area (TPSA) is 122 Å². The van der Waals surface area contributed by atoms with Crippen molar-refractivity contribution >= 4 is 27.9 Å². The highest BCUT2D eigenvalue weighted by atomic mass is 32.2. The van der Waals surface area contributed by atoms with Crippen molar-refractivity contribution in [2.24, 2.45) is 0 Å². The van der Waals surface area contributed by atoms with E-state index in [0.717, 1.165) is 19.3 Å². The number of carbonyl (C=O) groups excluding carboxylic acids is 3. The molecule has 1 aromatic carbocycles. The molecule has 0 bridgehead atoms. The standard InChI is InChI=1S/C17H23N3O6S/c1-12(15(21)19-17(23)18-2)26-16(22)13-7-6-8-14(11-13)27(24,25)20-9-4-3-5-10-20/h6-8,11-12H,3-5,9-10H2,1-2H3,(H2,18,19,21,23)/t12-/m0/s1. The molecule has 0 saturated carbocycles. The van der Waals surface area contributed by atoms with Crippen molar-refractivity contribution in [3.05, 3.63) is 29.8 Å². The first-order chi connectivity index (χ1) is 12.8. The molecule has 27 heavy (non-hydrogen) atoms. The Morgan fingerprint density at radius 1 is 1.15 bits per heavy atom. The Morgan fingerprint density at radius 3 is 2.44 bits per heavy atom. The number of esters is 1. The lowest BCUT2D eigenvalue weighted by Crippen LogP contribution is -2.43. The number of urea groups is 1. The number of nitrogens with one attached hydrogen (secondary N) is 2. The second-order valence-corrected chi connectivity index (χ2v) is 8.05. The molecule has 2 N–H and O–H groups in total. The highest BCUT2D eigenvalue weighted by molar-refractivity contribution is 7.89. The van der Waals surface area contributed by atoms with E-state index >= 15 is 0 Å². The van der Waals surface area contributed by atoms with E-state index in [1.54, 1.807) is 0 Å². The third kappa shape index (κ3) is 5.27. The Balaban J connectivity index is 2.11. The average molecular weight is 397 g/mol. The van der Waals surface area contributed by atoms with Gasteiger partial charge in [0.15, 0.2) is 6.10 Å². The molecule has 0 spiro atoms. The van der Waals surface area contributed by atoms with Gasteiger partial charge in [0.25, 0.3) is 5.91 Å². The summed E-state index contributed by atoms with van der Waals surface area (Å²) < 4.78 is 31.8. The normalized spacial score (nSPS) is 16.2. The summed E-state index contributed by atoms with van der Waals surface area (Å²) in [7, 11) is -2.35. The van der Waals surface area contributed by atoms with Gasteiger partial charge < -0.3 is 10.1 Å². The molecular formula is C17H23N3O6S. The number of piperidine rings is 1. The first-order valence-corrected chi connectivity index (χ1v) is 10.0. The summed E-state index contributed by atoms with van der Waals surface area (Å²) in [5, 5.41) is 4.20. The van der Waals surface area contributed by atoms with Gasteiger partial charge >= 0.3 is 12.0 Å². The van der Waals surface area contributed by atoms with Crippen LogP contribution in [0.5, 0.6) is 0 Å². The number of rotatable bonds is 5. The Morgan fingerprint density at radius 2 is 1.81 bits per heavy atom. The highest BCUT2D eigenvalue weighted by Gasteiger charge is 2.27. The summed E-state index contributed by atoms with van der Waals surface area (Å²) in [6.45, 7) is 2.21. The molecule has 0 aliphatic carbocycles. The maximum absolute atomic E-state index is 12.7. The van der Waals surface area contributed by atoms with Crippen LogP contribution in [-0.4, -0.2) is 56.9 Å². The molecule has 1 aromatic rings. The van der Waals surface area contributed by atoms with Crippen molar-refractivity contribution in [1.29, 1.82) is 0 Å². The fraction of sp³-hybridized carbons (Fsp3) is 0.471. The molecule has 0 aromatic heterocycles. The van der Waals surface area contributed by atoms with Crippen LogP contribution in [0.25, 0.3) is 0 Å². The monoisotopic (exact) mass is 397 g/mol. The largest absolute Gasteiger partial charge is 0.449 e. The van der Waals surface area contributed by atoms with Gasteiger partial charge in [-0.2, -0.15) is 4.31 Å².